The van der Waals surface area contributed by atoms with Crippen molar-refractivity contribution in [1.29, 1.82) is 0 Å². The van der Waals surface area contributed by atoms with E-state index in [-0.39, 0.29) is 12.0 Å². The summed E-state index contributed by atoms with van der Waals surface area (Å²) < 4.78 is 0. The first-order valence-corrected chi connectivity index (χ1v) is 12.7. The molecule has 11 heteroatoms. The highest BCUT2D eigenvalue weighted by atomic mass is 32.1. The normalized spacial score (nSPS) is 17.4. The maximum atomic E-state index is 12.9. The van der Waals surface area contributed by atoms with Crippen LogP contribution < -0.4 is 15.5 Å². The lowest BCUT2D eigenvalue weighted by molar-refractivity contribution is -0.136. The van der Waals surface area contributed by atoms with Gasteiger partial charge in [0.05, 0.1) is 17.0 Å². The van der Waals surface area contributed by atoms with E-state index in [4.69, 9.17) is 0 Å². The molecule has 3 N–H and O–H groups in total. The van der Waals surface area contributed by atoms with Gasteiger partial charge < -0.3 is 20.4 Å². The van der Waals surface area contributed by atoms with Gasteiger partial charge >= 0.3 is 0 Å². The van der Waals surface area contributed by atoms with Crippen molar-refractivity contribution in [2.75, 3.05) is 49.5 Å². The summed E-state index contributed by atoms with van der Waals surface area (Å²) in [5, 5.41) is 24.5. The number of amides is 1. The molecule has 0 bridgehead atoms. The molecule has 0 spiro atoms. The van der Waals surface area contributed by atoms with Crippen molar-refractivity contribution in [3.05, 3.63) is 24.5 Å². The Bertz CT molecular complexity index is 1100. The van der Waals surface area contributed by atoms with Crippen LogP contribution in [0.1, 0.15) is 26.7 Å². The minimum absolute atomic E-state index is 0.171. The molecule has 0 atom stereocenters. The average Bonchev–Trinajstić information content (AvgIpc) is 3.57. The summed E-state index contributed by atoms with van der Waals surface area (Å²) in [6, 6.07) is 4.18. The molecular weight excluding hydrogens is 450 g/mol. The van der Waals surface area contributed by atoms with Gasteiger partial charge in [0, 0.05) is 56.2 Å². The predicted molar refractivity (Wildman–Crippen MR) is 134 cm³/mol. The second kappa shape index (κ2) is 10.1. The number of hydrogen-bond acceptors (Lipinski definition) is 9. The van der Waals surface area contributed by atoms with Gasteiger partial charge in [-0.2, -0.15) is 5.10 Å². The van der Waals surface area contributed by atoms with Gasteiger partial charge in [-0.3, -0.25) is 14.9 Å². The molecule has 2 saturated heterocycles. The summed E-state index contributed by atoms with van der Waals surface area (Å²) in [7, 11) is 0. The molecule has 34 heavy (non-hydrogen) atoms. The lowest BCUT2D eigenvalue weighted by Gasteiger charge is -2.36. The molecule has 5 rings (SSSR count). The molecule has 2 aliphatic heterocycles. The fourth-order valence-corrected chi connectivity index (χ4v) is 5.42. The fourth-order valence-electron chi connectivity index (χ4n) is 4.50. The first-order valence-electron chi connectivity index (χ1n) is 11.9. The van der Waals surface area contributed by atoms with E-state index in [0.29, 0.717) is 5.91 Å². The minimum Gasteiger partial charge on any atom is -0.382 e. The smallest absolute Gasteiger partial charge is 0.225 e. The number of aromatic amines is 1. The number of pyridine rings is 1. The van der Waals surface area contributed by atoms with Crippen LogP contribution in [-0.4, -0.2) is 81.5 Å². The lowest BCUT2D eigenvalue weighted by atomic mass is 9.96. The second-order valence-corrected chi connectivity index (χ2v) is 10.1. The Morgan fingerprint density at radius 3 is 2.68 bits per heavy atom. The number of carbonyl (C=O) groups is 1. The SMILES string of the molecule is CC(C)Nc1cc(-c2ccn[nH]2)ncc1-c1nnc(N2CCN(C(=O)C3CCNCC3)CC2)s1. The largest absolute Gasteiger partial charge is 0.382 e. The standard InChI is InChI=1S/C23H31N9OS/c1-15(2)27-19-13-20(18-5-8-26-28-18)25-14-17(19)21-29-30-23(34-21)32-11-9-31(10-12-32)22(33)16-3-6-24-7-4-16/h5,8,13-16,24H,3-4,6-7,9-12H2,1-2H3,(H,25,27)(H,26,28). The van der Waals surface area contributed by atoms with Crippen LogP contribution in [0.4, 0.5) is 10.8 Å². The van der Waals surface area contributed by atoms with E-state index in [0.717, 1.165) is 84.9 Å². The molecule has 3 aromatic rings. The zero-order valence-corrected chi connectivity index (χ0v) is 20.4. The number of hydrogen-bond donors (Lipinski definition) is 3. The first kappa shape index (κ1) is 22.7. The number of piperazine rings is 1. The van der Waals surface area contributed by atoms with E-state index >= 15 is 0 Å². The summed E-state index contributed by atoms with van der Waals surface area (Å²) >= 11 is 1.57. The molecule has 0 aliphatic carbocycles. The molecule has 2 fully saturated rings. The van der Waals surface area contributed by atoms with E-state index in [1.807, 2.05) is 23.2 Å². The van der Waals surface area contributed by atoms with Crippen molar-refractivity contribution in [2.24, 2.45) is 5.92 Å². The summed E-state index contributed by atoms with van der Waals surface area (Å²) in [6.45, 7) is 9.12. The molecule has 0 saturated carbocycles. The number of H-pyrrole nitrogens is 1. The van der Waals surface area contributed by atoms with Gasteiger partial charge in [0.15, 0.2) is 5.01 Å². The number of nitrogens with one attached hydrogen (secondary N) is 3. The zero-order chi connectivity index (χ0) is 23.5. The van der Waals surface area contributed by atoms with Gasteiger partial charge in [-0.05, 0) is 51.9 Å². The molecule has 2 aliphatic rings. The maximum absolute atomic E-state index is 12.9. The van der Waals surface area contributed by atoms with Gasteiger partial charge in [0.2, 0.25) is 11.0 Å². The Kier molecular flexibility index (Phi) is 6.73. The third kappa shape index (κ3) is 4.90. The predicted octanol–water partition coefficient (Wildman–Crippen LogP) is 2.46. The Morgan fingerprint density at radius 2 is 1.97 bits per heavy atom. The van der Waals surface area contributed by atoms with Gasteiger partial charge in [-0.1, -0.05) is 11.3 Å². The van der Waals surface area contributed by atoms with Crippen molar-refractivity contribution in [3.8, 4) is 22.0 Å². The molecule has 1 amide bonds. The summed E-state index contributed by atoms with van der Waals surface area (Å²) in [6.07, 6.45) is 5.45. The Balaban J connectivity index is 1.29. The highest BCUT2D eigenvalue weighted by Gasteiger charge is 2.29. The van der Waals surface area contributed by atoms with Gasteiger partial charge in [-0.15, -0.1) is 10.2 Å². The lowest BCUT2D eigenvalue weighted by Crippen LogP contribution is -2.51. The van der Waals surface area contributed by atoms with Crippen LogP contribution in [0.2, 0.25) is 0 Å². The summed E-state index contributed by atoms with van der Waals surface area (Å²) in [4.78, 5) is 21.7. The van der Waals surface area contributed by atoms with Crippen LogP contribution in [0.3, 0.4) is 0 Å². The summed E-state index contributed by atoms with van der Waals surface area (Å²) in [5.74, 6) is 0.483. The van der Waals surface area contributed by atoms with Gasteiger partial charge in [-0.25, -0.2) is 0 Å². The van der Waals surface area contributed by atoms with Crippen molar-refractivity contribution >= 4 is 28.1 Å². The van der Waals surface area contributed by atoms with Crippen molar-refractivity contribution in [3.63, 3.8) is 0 Å². The number of nitrogens with zero attached hydrogens (tertiary/aromatic N) is 6. The monoisotopic (exact) mass is 481 g/mol. The Hall–Kier alpha value is -3.05. The molecule has 3 aromatic heterocycles. The number of piperidine rings is 1. The fraction of sp³-hybridized carbons (Fsp3) is 0.522. The van der Waals surface area contributed by atoms with Crippen LogP contribution in [0, 0.1) is 5.92 Å². The Morgan fingerprint density at radius 1 is 1.18 bits per heavy atom. The van der Waals surface area contributed by atoms with Crippen LogP contribution in [0.25, 0.3) is 22.0 Å². The number of rotatable bonds is 6. The van der Waals surface area contributed by atoms with Gasteiger partial charge in [0.1, 0.15) is 0 Å². The molecule has 10 nitrogen and oxygen atoms in total. The van der Waals surface area contributed by atoms with Crippen LogP contribution >= 0.6 is 11.3 Å². The van der Waals surface area contributed by atoms with E-state index in [1.54, 1.807) is 17.5 Å². The molecule has 0 radical (unpaired) electrons. The average molecular weight is 482 g/mol. The van der Waals surface area contributed by atoms with Crippen LogP contribution in [0.5, 0.6) is 0 Å². The number of anilines is 2. The topological polar surface area (TPSA) is 115 Å². The quantitative estimate of drug-likeness (QED) is 0.492. The van der Waals surface area contributed by atoms with Crippen molar-refractivity contribution < 1.29 is 4.79 Å². The third-order valence-electron chi connectivity index (χ3n) is 6.32. The van der Waals surface area contributed by atoms with Crippen LogP contribution in [-0.2, 0) is 4.79 Å². The molecule has 0 aromatic carbocycles. The van der Waals surface area contributed by atoms with Crippen molar-refractivity contribution in [1.82, 2.24) is 35.6 Å². The highest BCUT2D eigenvalue weighted by Crippen LogP contribution is 2.35. The number of carbonyl (C=O) groups excluding carboxylic acids is 1. The van der Waals surface area contributed by atoms with E-state index in [2.05, 4.69) is 54.8 Å². The van der Waals surface area contributed by atoms with E-state index in [1.165, 1.54) is 0 Å². The van der Waals surface area contributed by atoms with E-state index < -0.39 is 0 Å². The van der Waals surface area contributed by atoms with Crippen molar-refractivity contribution in [2.45, 2.75) is 32.7 Å². The Labute approximate surface area is 203 Å². The molecule has 180 valence electrons. The first-order chi connectivity index (χ1) is 16.6. The van der Waals surface area contributed by atoms with Crippen LogP contribution in [0.15, 0.2) is 24.5 Å². The highest BCUT2D eigenvalue weighted by molar-refractivity contribution is 7.18. The minimum atomic E-state index is 0.171. The zero-order valence-electron chi connectivity index (χ0n) is 19.6. The third-order valence-corrected chi connectivity index (χ3v) is 7.34. The number of aromatic nitrogens is 5. The summed E-state index contributed by atoms with van der Waals surface area (Å²) in [5.41, 5.74) is 3.59. The molecule has 5 heterocycles. The van der Waals surface area contributed by atoms with E-state index in [9.17, 15) is 4.79 Å². The van der Waals surface area contributed by atoms with Gasteiger partial charge in [0.25, 0.3) is 0 Å². The second-order valence-electron chi connectivity index (χ2n) is 9.11. The maximum Gasteiger partial charge on any atom is 0.225 e. The molecule has 0 unspecified atom stereocenters. The molecular formula is C23H31N9OS.